The quantitative estimate of drug-likeness (QED) is 0.537. The van der Waals surface area contributed by atoms with Gasteiger partial charge in [-0.05, 0) is 60.9 Å². The van der Waals surface area contributed by atoms with Gasteiger partial charge in [-0.3, -0.25) is 19.0 Å². The van der Waals surface area contributed by atoms with E-state index in [4.69, 9.17) is 0 Å². The molecule has 0 atom stereocenters. The molecule has 0 saturated carbocycles. The summed E-state index contributed by atoms with van der Waals surface area (Å²) in [6.45, 7) is 4.28. The van der Waals surface area contributed by atoms with Crippen molar-refractivity contribution >= 4 is 23.0 Å². The van der Waals surface area contributed by atoms with Crippen LogP contribution < -0.4 is 10.6 Å². The fourth-order valence-electron chi connectivity index (χ4n) is 3.20. The summed E-state index contributed by atoms with van der Waals surface area (Å²) in [7, 11) is 0. The molecule has 0 saturated heterocycles. The lowest BCUT2D eigenvalue weighted by molar-refractivity contribution is 0.0940. The number of rotatable bonds is 5. The minimum Gasteiger partial charge on any atom is -0.345 e. The summed E-state index contributed by atoms with van der Waals surface area (Å²) >= 11 is 0. The van der Waals surface area contributed by atoms with E-state index in [1.165, 1.54) is 0 Å². The molecule has 0 aliphatic carbocycles. The number of imidazole rings is 1. The van der Waals surface area contributed by atoms with Crippen LogP contribution in [0.25, 0.3) is 5.52 Å². The van der Waals surface area contributed by atoms with E-state index in [1.54, 1.807) is 35.1 Å². The van der Waals surface area contributed by atoms with Gasteiger partial charge in [0.2, 0.25) is 5.82 Å². The molecule has 0 unspecified atom stereocenters. The highest BCUT2D eigenvalue weighted by molar-refractivity contribution is 6.09. The molecule has 4 aromatic rings. The Morgan fingerprint density at radius 3 is 2.57 bits per heavy atom. The molecule has 1 aromatic carbocycles. The fourth-order valence-corrected chi connectivity index (χ4v) is 3.20. The monoisotopic (exact) mass is 399 g/mol. The Hall–Kier alpha value is -4.00. The number of carbonyl (C=O) groups excluding carboxylic acids is 2. The summed E-state index contributed by atoms with van der Waals surface area (Å²) < 4.78 is 1.62. The Kier molecular flexibility index (Phi) is 5.26. The second kappa shape index (κ2) is 8.16. The number of hydrogen-bond acceptors (Lipinski definition) is 4. The zero-order valence-electron chi connectivity index (χ0n) is 16.7. The maximum atomic E-state index is 13.0. The number of carbonyl (C=O) groups is 2. The van der Waals surface area contributed by atoms with E-state index in [0.717, 1.165) is 22.4 Å². The predicted molar refractivity (Wildman–Crippen MR) is 114 cm³/mol. The Labute approximate surface area is 173 Å². The summed E-state index contributed by atoms with van der Waals surface area (Å²) in [6, 6.07) is 14.8. The summed E-state index contributed by atoms with van der Waals surface area (Å²) in [5.74, 6) is -0.565. The summed E-state index contributed by atoms with van der Waals surface area (Å²) in [5, 5.41) is 5.76. The molecule has 0 bridgehead atoms. The topological polar surface area (TPSA) is 88.4 Å². The van der Waals surface area contributed by atoms with Gasteiger partial charge in [0.15, 0.2) is 5.69 Å². The molecule has 0 fully saturated rings. The first kappa shape index (κ1) is 19.3. The van der Waals surface area contributed by atoms with Crippen LogP contribution in [0.3, 0.4) is 0 Å². The van der Waals surface area contributed by atoms with Crippen molar-refractivity contribution in [3.63, 3.8) is 0 Å². The zero-order chi connectivity index (χ0) is 21.1. The van der Waals surface area contributed by atoms with Crippen LogP contribution in [-0.2, 0) is 6.54 Å². The number of benzene rings is 1. The van der Waals surface area contributed by atoms with Gasteiger partial charge in [-0.25, -0.2) is 4.98 Å². The molecular formula is C23H21N5O2. The maximum absolute atomic E-state index is 13.0. The van der Waals surface area contributed by atoms with Gasteiger partial charge in [0.1, 0.15) is 0 Å². The Morgan fingerprint density at radius 1 is 0.967 bits per heavy atom. The summed E-state index contributed by atoms with van der Waals surface area (Å²) in [5.41, 5.74) is 4.48. The number of hydrogen-bond donors (Lipinski definition) is 2. The van der Waals surface area contributed by atoms with Crippen molar-refractivity contribution in [3.8, 4) is 0 Å². The van der Waals surface area contributed by atoms with Gasteiger partial charge in [-0.15, -0.1) is 0 Å². The molecule has 30 heavy (non-hydrogen) atoms. The smallest absolute Gasteiger partial charge is 0.287 e. The summed E-state index contributed by atoms with van der Waals surface area (Å²) in [6.07, 6.45) is 5.06. The number of nitrogens with zero attached hydrogens (tertiary/aromatic N) is 3. The zero-order valence-corrected chi connectivity index (χ0v) is 16.7. The molecular weight excluding hydrogens is 378 g/mol. The van der Waals surface area contributed by atoms with E-state index in [9.17, 15) is 9.59 Å². The van der Waals surface area contributed by atoms with E-state index in [0.29, 0.717) is 12.1 Å². The van der Waals surface area contributed by atoms with Crippen molar-refractivity contribution in [1.82, 2.24) is 19.7 Å². The van der Waals surface area contributed by atoms with Crippen LogP contribution in [0.2, 0.25) is 0 Å². The Bertz CT molecular complexity index is 1230. The third-order valence-corrected chi connectivity index (χ3v) is 5.02. The van der Waals surface area contributed by atoms with Crippen molar-refractivity contribution in [1.29, 1.82) is 0 Å². The van der Waals surface area contributed by atoms with Gasteiger partial charge in [-0.2, -0.15) is 0 Å². The highest BCUT2D eigenvalue weighted by atomic mass is 16.2. The fraction of sp³-hybridized carbons (Fsp3) is 0.130. The predicted octanol–water partition coefficient (Wildman–Crippen LogP) is 3.53. The number of aromatic nitrogens is 3. The van der Waals surface area contributed by atoms with Crippen LogP contribution in [0.4, 0.5) is 5.69 Å². The molecule has 0 radical (unpaired) electrons. The molecule has 3 heterocycles. The van der Waals surface area contributed by atoms with Crippen molar-refractivity contribution in [2.75, 3.05) is 5.32 Å². The molecule has 150 valence electrons. The van der Waals surface area contributed by atoms with Crippen LogP contribution in [0.15, 0.2) is 67.1 Å². The van der Waals surface area contributed by atoms with Crippen molar-refractivity contribution in [3.05, 3.63) is 95.3 Å². The van der Waals surface area contributed by atoms with Gasteiger partial charge in [0.05, 0.1) is 5.52 Å². The lowest BCUT2D eigenvalue weighted by Gasteiger charge is -2.09. The largest absolute Gasteiger partial charge is 0.345 e. The summed E-state index contributed by atoms with van der Waals surface area (Å²) in [4.78, 5) is 34.1. The van der Waals surface area contributed by atoms with Gasteiger partial charge in [0.25, 0.3) is 11.8 Å². The normalized spacial score (nSPS) is 10.7. The number of amides is 2. The number of anilines is 1. The average molecular weight is 399 g/mol. The lowest BCUT2D eigenvalue weighted by Crippen LogP contribution is -2.25. The lowest BCUT2D eigenvalue weighted by atomic mass is 10.1. The molecule has 3 aromatic heterocycles. The molecule has 0 spiro atoms. The van der Waals surface area contributed by atoms with Crippen LogP contribution in [0.1, 0.15) is 37.8 Å². The second-order valence-corrected chi connectivity index (χ2v) is 6.98. The van der Waals surface area contributed by atoms with Crippen molar-refractivity contribution in [2.45, 2.75) is 20.4 Å². The minimum absolute atomic E-state index is 0.158. The standard InChI is InChI=1S/C23H21N5O2/c1-15-6-5-7-18(16(15)2)26-22(29)20-19-8-3-4-13-28(19)21(27-20)23(30)25-14-17-9-11-24-12-10-17/h3-13H,14H2,1-2H3,(H,25,30)(H,26,29). The van der Waals surface area contributed by atoms with Crippen molar-refractivity contribution < 1.29 is 9.59 Å². The van der Waals surface area contributed by atoms with E-state index in [2.05, 4.69) is 20.6 Å². The number of fused-ring (bicyclic) bond motifs is 1. The molecule has 2 amide bonds. The number of pyridine rings is 2. The molecule has 0 aliphatic rings. The average Bonchev–Trinajstić information content (AvgIpc) is 3.16. The van der Waals surface area contributed by atoms with E-state index in [-0.39, 0.29) is 23.3 Å². The highest BCUT2D eigenvalue weighted by Gasteiger charge is 2.22. The van der Waals surface area contributed by atoms with Crippen LogP contribution in [0, 0.1) is 13.8 Å². The third kappa shape index (κ3) is 3.77. The van der Waals surface area contributed by atoms with E-state index >= 15 is 0 Å². The Morgan fingerprint density at radius 2 is 1.77 bits per heavy atom. The molecule has 7 nitrogen and oxygen atoms in total. The van der Waals surface area contributed by atoms with Crippen LogP contribution in [-0.4, -0.2) is 26.2 Å². The van der Waals surface area contributed by atoms with Gasteiger partial charge < -0.3 is 10.6 Å². The van der Waals surface area contributed by atoms with E-state index < -0.39 is 0 Å². The van der Waals surface area contributed by atoms with Gasteiger partial charge in [-0.1, -0.05) is 18.2 Å². The SMILES string of the molecule is Cc1cccc(NC(=O)c2nc(C(=O)NCc3ccncc3)n3ccccc23)c1C. The third-order valence-electron chi connectivity index (χ3n) is 5.02. The second-order valence-electron chi connectivity index (χ2n) is 6.98. The van der Waals surface area contributed by atoms with Gasteiger partial charge >= 0.3 is 0 Å². The van der Waals surface area contributed by atoms with Crippen LogP contribution >= 0.6 is 0 Å². The molecule has 7 heteroatoms. The maximum Gasteiger partial charge on any atom is 0.287 e. The molecule has 4 rings (SSSR count). The number of nitrogens with one attached hydrogen (secondary N) is 2. The van der Waals surface area contributed by atoms with Gasteiger partial charge in [0, 0.05) is 30.8 Å². The van der Waals surface area contributed by atoms with E-state index in [1.807, 2.05) is 50.2 Å². The first-order valence-corrected chi connectivity index (χ1v) is 9.56. The van der Waals surface area contributed by atoms with Crippen molar-refractivity contribution in [2.24, 2.45) is 0 Å². The highest BCUT2D eigenvalue weighted by Crippen LogP contribution is 2.20. The van der Waals surface area contributed by atoms with Crippen LogP contribution in [0.5, 0.6) is 0 Å². The molecule has 2 N–H and O–H groups in total. The Balaban J connectivity index is 1.62. The first-order chi connectivity index (χ1) is 14.5. The first-order valence-electron chi connectivity index (χ1n) is 9.56. The number of aryl methyl sites for hydroxylation is 1. The minimum atomic E-state index is -0.362. The molecule has 0 aliphatic heterocycles.